The molecule has 0 amide bonds. The van der Waals surface area contributed by atoms with Crippen LogP contribution in [0.3, 0.4) is 0 Å². The van der Waals surface area contributed by atoms with E-state index in [2.05, 4.69) is 17.5 Å². The second-order valence-corrected chi connectivity index (χ2v) is 5.64. The number of rotatable bonds is 2. The summed E-state index contributed by atoms with van der Waals surface area (Å²) in [5.41, 5.74) is 1.75. The predicted octanol–water partition coefficient (Wildman–Crippen LogP) is 3.51. The van der Waals surface area contributed by atoms with Crippen molar-refractivity contribution in [1.29, 1.82) is 5.26 Å². The topological polar surface area (TPSA) is 27.0 Å². The normalized spacial score (nSPS) is 16.6. The van der Waals surface area contributed by atoms with Crippen molar-refractivity contribution in [2.24, 2.45) is 0 Å². The number of nitriles is 1. The molecule has 0 saturated heterocycles. The fraction of sp³-hybridized carbons (Fsp3) is 0.267. The van der Waals surface area contributed by atoms with Crippen molar-refractivity contribution >= 4 is 11.3 Å². The lowest BCUT2D eigenvalue weighted by molar-refractivity contribution is 0.215. The number of thiophene rings is 1. The van der Waals surface area contributed by atoms with Crippen LogP contribution in [0.15, 0.2) is 35.7 Å². The van der Waals surface area contributed by atoms with Gasteiger partial charge >= 0.3 is 0 Å². The van der Waals surface area contributed by atoms with Gasteiger partial charge in [-0.25, -0.2) is 4.39 Å². The lowest BCUT2D eigenvalue weighted by Crippen LogP contribution is -2.33. The quantitative estimate of drug-likeness (QED) is 0.836. The molecular weight excluding hydrogens is 259 g/mol. The molecule has 0 N–H and O–H groups in total. The zero-order chi connectivity index (χ0) is 13.2. The van der Waals surface area contributed by atoms with Gasteiger partial charge in [0.05, 0.1) is 6.07 Å². The van der Waals surface area contributed by atoms with Crippen LogP contribution in [0.4, 0.5) is 4.39 Å². The van der Waals surface area contributed by atoms with Crippen molar-refractivity contribution in [1.82, 2.24) is 4.90 Å². The number of nitrogens with zero attached hydrogens (tertiary/aromatic N) is 2. The SMILES string of the molecule is N#C[C@H](c1ccccc1F)N1CCc2sccc2C1. The van der Waals surface area contributed by atoms with Crippen molar-refractivity contribution in [2.45, 2.75) is 19.0 Å². The van der Waals surface area contributed by atoms with Gasteiger partial charge in [-0.05, 0) is 29.5 Å². The number of halogens is 1. The van der Waals surface area contributed by atoms with E-state index < -0.39 is 6.04 Å². The standard InChI is InChI=1S/C15H13FN2S/c16-13-4-2-1-3-12(13)14(9-17)18-7-5-15-11(10-18)6-8-19-15/h1-4,6,8,14H,5,7,10H2/t14-/m1/s1. The van der Waals surface area contributed by atoms with E-state index in [-0.39, 0.29) is 5.82 Å². The van der Waals surface area contributed by atoms with E-state index in [1.807, 2.05) is 4.90 Å². The number of benzene rings is 1. The van der Waals surface area contributed by atoms with E-state index in [9.17, 15) is 9.65 Å². The van der Waals surface area contributed by atoms with Crippen LogP contribution in [0.1, 0.15) is 22.0 Å². The van der Waals surface area contributed by atoms with Gasteiger partial charge in [0.1, 0.15) is 11.9 Å². The smallest absolute Gasteiger partial charge is 0.129 e. The number of hydrogen-bond acceptors (Lipinski definition) is 3. The van der Waals surface area contributed by atoms with Crippen LogP contribution in [0.2, 0.25) is 0 Å². The Bertz CT molecular complexity index is 629. The van der Waals surface area contributed by atoms with Crippen LogP contribution in [-0.4, -0.2) is 11.4 Å². The molecule has 1 aromatic carbocycles. The van der Waals surface area contributed by atoms with Crippen LogP contribution in [-0.2, 0) is 13.0 Å². The van der Waals surface area contributed by atoms with Gasteiger partial charge in [0.25, 0.3) is 0 Å². The molecule has 4 heteroatoms. The highest BCUT2D eigenvalue weighted by Gasteiger charge is 2.26. The summed E-state index contributed by atoms with van der Waals surface area (Å²) < 4.78 is 13.8. The summed E-state index contributed by atoms with van der Waals surface area (Å²) in [6.07, 6.45) is 0.944. The van der Waals surface area contributed by atoms with E-state index in [0.29, 0.717) is 5.56 Å². The van der Waals surface area contributed by atoms with Gasteiger partial charge in [-0.2, -0.15) is 5.26 Å². The molecule has 0 fully saturated rings. The summed E-state index contributed by atoms with van der Waals surface area (Å²) >= 11 is 1.76. The van der Waals surface area contributed by atoms with E-state index in [4.69, 9.17) is 0 Å². The maximum absolute atomic E-state index is 13.8. The number of hydrogen-bond donors (Lipinski definition) is 0. The summed E-state index contributed by atoms with van der Waals surface area (Å²) in [7, 11) is 0. The molecule has 19 heavy (non-hydrogen) atoms. The molecule has 1 aliphatic heterocycles. The molecule has 0 spiro atoms. The van der Waals surface area contributed by atoms with Crippen LogP contribution >= 0.6 is 11.3 Å². The highest BCUT2D eigenvalue weighted by atomic mass is 32.1. The van der Waals surface area contributed by atoms with Crippen LogP contribution in [0.5, 0.6) is 0 Å². The van der Waals surface area contributed by atoms with Gasteiger partial charge in [-0.3, -0.25) is 4.90 Å². The van der Waals surface area contributed by atoms with Gasteiger partial charge in [0.15, 0.2) is 0 Å². The van der Waals surface area contributed by atoms with E-state index >= 15 is 0 Å². The first-order valence-corrected chi connectivity index (χ1v) is 7.11. The molecule has 1 aliphatic rings. The van der Waals surface area contributed by atoms with Crippen molar-refractivity contribution in [3.05, 3.63) is 57.5 Å². The highest BCUT2D eigenvalue weighted by molar-refractivity contribution is 7.10. The van der Waals surface area contributed by atoms with E-state index in [1.54, 1.807) is 29.5 Å². The fourth-order valence-corrected chi connectivity index (χ4v) is 3.43. The predicted molar refractivity (Wildman–Crippen MR) is 73.2 cm³/mol. The second kappa shape index (κ2) is 5.12. The third kappa shape index (κ3) is 2.27. The van der Waals surface area contributed by atoms with Crippen LogP contribution in [0.25, 0.3) is 0 Å². The molecule has 2 aromatic rings. The lowest BCUT2D eigenvalue weighted by atomic mass is 10.0. The summed E-state index contributed by atoms with van der Waals surface area (Å²) in [6.45, 7) is 1.53. The minimum Gasteiger partial charge on any atom is -0.280 e. The third-order valence-corrected chi connectivity index (χ3v) is 4.55. The molecule has 0 radical (unpaired) electrons. The van der Waals surface area contributed by atoms with Crippen molar-refractivity contribution in [3.63, 3.8) is 0 Å². The van der Waals surface area contributed by atoms with Crippen molar-refractivity contribution in [2.75, 3.05) is 6.54 Å². The molecule has 0 saturated carbocycles. The zero-order valence-corrected chi connectivity index (χ0v) is 11.2. The molecule has 2 nitrogen and oxygen atoms in total. The maximum Gasteiger partial charge on any atom is 0.129 e. The van der Waals surface area contributed by atoms with E-state index in [0.717, 1.165) is 19.5 Å². The van der Waals surface area contributed by atoms with E-state index in [1.165, 1.54) is 16.5 Å². The summed E-state index contributed by atoms with van der Waals surface area (Å²) in [5.74, 6) is -0.301. The first-order chi connectivity index (χ1) is 9.29. The molecule has 1 atom stereocenters. The molecule has 2 heterocycles. The Balaban J connectivity index is 1.89. The summed E-state index contributed by atoms with van der Waals surface area (Å²) in [6, 6.07) is 10.4. The Morgan fingerprint density at radius 1 is 1.32 bits per heavy atom. The zero-order valence-electron chi connectivity index (χ0n) is 10.3. The monoisotopic (exact) mass is 272 g/mol. The highest BCUT2D eigenvalue weighted by Crippen LogP contribution is 2.30. The van der Waals surface area contributed by atoms with Gasteiger partial charge in [0.2, 0.25) is 0 Å². The third-order valence-electron chi connectivity index (χ3n) is 3.52. The molecule has 0 bridgehead atoms. The largest absolute Gasteiger partial charge is 0.280 e. The van der Waals surface area contributed by atoms with Crippen molar-refractivity contribution in [3.8, 4) is 6.07 Å². The summed E-state index contributed by atoms with van der Waals surface area (Å²) in [4.78, 5) is 3.44. The van der Waals surface area contributed by atoms with Crippen LogP contribution in [0, 0.1) is 17.1 Å². The Morgan fingerprint density at radius 2 is 2.16 bits per heavy atom. The lowest BCUT2D eigenvalue weighted by Gasteiger charge is -2.30. The average molecular weight is 272 g/mol. The van der Waals surface area contributed by atoms with Gasteiger partial charge in [-0.15, -0.1) is 11.3 Å². The fourth-order valence-electron chi connectivity index (χ4n) is 2.54. The second-order valence-electron chi connectivity index (χ2n) is 4.64. The minimum absolute atomic E-state index is 0.301. The van der Waals surface area contributed by atoms with Gasteiger partial charge in [-0.1, -0.05) is 18.2 Å². The summed E-state index contributed by atoms with van der Waals surface area (Å²) in [5, 5.41) is 11.5. The Morgan fingerprint density at radius 3 is 2.95 bits per heavy atom. The Kier molecular flexibility index (Phi) is 3.33. The molecule has 0 aliphatic carbocycles. The van der Waals surface area contributed by atoms with Crippen molar-refractivity contribution < 1.29 is 4.39 Å². The Hall–Kier alpha value is -1.70. The molecule has 1 aromatic heterocycles. The molecule has 96 valence electrons. The first kappa shape index (κ1) is 12.3. The average Bonchev–Trinajstić information content (AvgIpc) is 2.89. The van der Waals surface area contributed by atoms with Gasteiger partial charge in [0, 0.05) is 23.5 Å². The maximum atomic E-state index is 13.8. The van der Waals surface area contributed by atoms with Gasteiger partial charge < -0.3 is 0 Å². The first-order valence-electron chi connectivity index (χ1n) is 6.23. The van der Waals surface area contributed by atoms with Crippen LogP contribution < -0.4 is 0 Å². The number of fused-ring (bicyclic) bond motifs is 1. The minimum atomic E-state index is -0.505. The Labute approximate surface area is 115 Å². The molecular formula is C15H13FN2S. The molecule has 3 rings (SSSR count). The molecule has 0 unspecified atom stereocenters.